The Morgan fingerprint density at radius 2 is 1.79 bits per heavy atom. The zero-order valence-corrected chi connectivity index (χ0v) is 17.1. The number of rotatable bonds is 7. The van der Waals surface area contributed by atoms with Crippen molar-refractivity contribution in [2.24, 2.45) is 0 Å². The molecule has 0 saturated heterocycles. The maximum Gasteiger partial charge on any atom is 0.244 e. The predicted molar refractivity (Wildman–Crippen MR) is 113 cm³/mol. The molecule has 3 aromatic rings. The van der Waals surface area contributed by atoms with E-state index in [1.165, 1.54) is 6.08 Å². The van der Waals surface area contributed by atoms with Gasteiger partial charge < -0.3 is 14.8 Å². The van der Waals surface area contributed by atoms with Crippen molar-refractivity contribution in [1.29, 1.82) is 0 Å². The topological polar surface area (TPSA) is 65.4 Å². The summed E-state index contributed by atoms with van der Waals surface area (Å²) < 4.78 is 12.4. The average Bonchev–Trinajstić information content (AvgIpc) is 3.04. The summed E-state index contributed by atoms with van der Waals surface area (Å²) in [5.74, 6) is 1.09. The molecule has 2 aromatic carbocycles. The molecule has 0 atom stereocenters. The van der Waals surface area contributed by atoms with Crippen LogP contribution >= 0.6 is 0 Å². The van der Waals surface area contributed by atoms with E-state index in [1.807, 2.05) is 61.0 Å². The lowest BCUT2D eigenvalue weighted by atomic mass is 10.1. The molecule has 29 heavy (non-hydrogen) atoms. The highest BCUT2D eigenvalue weighted by Crippen LogP contribution is 2.28. The van der Waals surface area contributed by atoms with Crippen LogP contribution < -0.4 is 14.8 Å². The van der Waals surface area contributed by atoms with Gasteiger partial charge in [0.25, 0.3) is 0 Å². The first-order chi connectivity index (χ1) is 14.0. The number of amides is 1. The monoisotopic (exact) mass is 391 g/mol. The van der Waals surface area contributed by atoms with E-state index < -0.39 is 0 Å². The molecule has 6 nitrogen and oxygen atoms in total. The average molecular weight is 391 g/mol. The fraction of sp³-hybridized carbons (Fsp3) is 0.217. The van der Waals surface area contributed by atoms with E-state index in [0.29, 0.717) is 18.0 Å². The Kier molecular flexibility index (Phi) is 6.34. The van der Waals surface area contributed by atoms with Crippen molar-refractivity contribution >= 4 is 12.0 Å². The van der Waals surface area contributed by atoms with Gasteiger partial charge in [0, 0.05) is 23.9 Å². The Labute approximate surface area is 170 Å². The Hall–Kier alpha value is -3.54. The maximum atomic E-state index is 12.3. The van der Waals surface area contributed by atoms with Gasteiger partial charge in [-0.15, -0.1) is 0 Å². The quantitative estimate of drug-likeness (QED) is 0.622. The van der Waals surface area contributed by atoms with Gasteiger partial charge in [-0.05, 0) is 49.8 Å². The number of hydrogen-bond donors (Lipinski definition) is 1. The normalized spacial score (nSPS) is 10.9. The Morgan fingerprint density at radius 1 is 1.07 bits per heavy atom. The fourth-order valence-corrected chi connectivity index (χ4v) is 3.11. The van der Waals surface area contributed by atoms with Gasteiger partial charge in [-0.1, -0.05) is 24.3 Å². The number of aromatic nitrogens is 2. The number of nitrogens with one attached hydrogen (secondary N) is 1. The number of para-hydroxylation sites is 1. The number of nitrogens with zero attached hydrogens (tertiary/aromatic N) is 2. The largest absolute Gasteiger partial charge is 0.493 e. The minimum absolute atomic E-state index is 0.175. The SMILES string of the molecule is COc1ccc(/C=C/C(=O)NCc2c(C)nn(-c3ccccc3)c2C)cc1OC. The van der Waals surface area contributed by atoms with E-state index in [-0.39, 0.29) is 5.91 Å². The molecule has 0 radical (unpaired) electrons. The standard InChI is InChI=1S/C23H25N3O3/c1-16-20(17(2)26(25-16)19-8-6-5-7-9-19)15-24-23(27)13-11-18-10-12-21(28-3)22(14-18)29-4/h5-14H,15H2,1-4H3,(H,24,27)/b13-11+. The van der Waals surface area contributed by atoms with E-state index in [1.54, 1.807) is 26.4 Å². The maximum absolute atomic E-state index is 12.3. The second-order valence-electron chi connectivity index (χ2n) is 6.56. The van der Waals surface area contributed by atoms with Gasteiger partial charge in [-0.25, -0.2) is 4.68 Å². The third kappa shape index (κ3) is 4.66. The summed E-state index contributed by atoms with van der Waals surface area (Å²) in [6.45, 7) is 4.38. The van der Waals surface area contributed by atoms with E-state index in [2.05, 4.69) is 10.4 Å². The van der Waals surface area contributed by atoms with Crippen LogP contribution in [0, 0.1) is 13.8 Å². The Morgan fingerprint density at radius 3 is 2.48 bits per heavy atom. The summed E-state index contributed by atoms with van der Waals surface area (Å²) in [6.07, 6.45) is 3.25. The molecule has 0 aliphatic carbocycles. The number of carbonyl (C=O) groups is 1. The smallest absolute Gasteiger partial charge is 0.244 e. The van der Waals surface area contributed by atoms with Gasteiger partial charge in [0.1, 0.15) is 0 Å². The van der Waals surface area contributed by atoms with Gasteiger partial charge >= 0.3 is 0 Å². The molecule has 1 N–H and O–H groups in total. The molecule has 0 aliphatic rings. The second-order valence-corrected chi connectivity index (χ2v) is 6.56. The van der Waals surface area contributed by atoms with Gasteiger partial charge in [-0.2, -0.15) is 5.10 Å². The van der Waals surface area contributed by atoms with Crippen LogP contribution in [0.2, 0.25) is 0 Å². The van der Waals surface area contributed by atoms with Crippen molar-refractivity contribution in [3.8, 4) is 17.2 Å². The number of carbonyl (C=O) groups excluding carboxylic acids is 1. The van der Waals surface area contributed by atoms with Crippen molar-refractivity contribution in [3.05, 3.63) is 77.1 Å². The van der Waals surface area contributed by atoms with Crippen LogP contribution in [0.15, 0.2) is 54.6 Å². The summed E-state index contributed by atoms with van der Waals surface area (Å²) >= 11 is 0. The molecular formula is C23H25N3O3. The summed E-state index contributed by atoms with van der Waals surface area (Å²) in [6, 6.07) is 15.4. The first kappa shape index (κ1) is 20.2. The highest BCUT2D eigenvalue weighted by atomic mass is 16.5. The molecule has 1 amide bonds. The molecule has 0 aliphatic heterocycles. The predicted octanol–water partition coefficient (Wildman–Crippen LogP) is 3.84. The van der Waals surface area contributed by atoms with Crippen LogP contribution in [0.3, 0.4) is 0 Å². The number of benzene rings is 2. The molecule has 1 aromatic heterocycles. The fourth-order valence-electron chi connectivity index (χ4n) is 3.11. The molecule has 0 spiro atoms. The third-order valence-corrected chi connectivity index (χ3v) is 4.72. The third-order valence-electron chi connectivity index (χ3n) is 4.72. The molecule has 150 valence electrons. The van der Waals surface area contributed by atoms with Crippen LogP contribution in [0.1, 0.15) is 22.5 Å². The summed E-state index contributed by atoms with van der Waals surface area (Å²) in [5, 5.41) is 7.54. The van der Waals surface area contributed by atoms with Crippen LogP contribution in [-0.4, -0.2) is 29.9 Å². The molecular weight excluding hydrogens is 366 g/mol. The van der Waals surface area contributed by atoms with Gasteiger partial charge in [-0.3, -0.25) is 4.79 Å². The first-order valence-corrected chi connectivity index (χ1v) is 9.32. The number of hydrogen-bond acceptors (Lipinski definition) is 4. The van der Waals surface area contributed by atoms with E-state index in [9.17, 15) is 4.79 Å². The Balaban J connectivity index is 1.67. The molecule has 0 fully saturated rings. The number of methoxy groups -OCH3 is 2. The van der Waals surface area contributed by atoms with Crippen molar-refractivity contribution < 1.29 is 14.3 Å². The van der Waals surface area contributed by atoms with Crippen LogP contribution in [0.25, 0.3) is 11.8 Å². The van der Waals surface area contributed by atoms with Crippen molar-refractivity contribution in [2.75, 3.05) is 14.2 Å². The molecule has 1 heterocycles. The van der Waals surface area contributed by atoms with Crippen molar-refractivity contribution in [1.82, 2.24) is 15.1 Å². The lowest BCUT2D eigenvalue weighted by Crippen LogP contribution is -2.21. The van der Waals surface area contributed by atoms with Gasteiger partial charge in [0.15, 0.2) is 11.5 Å². The van der Waals surface area contributed by atoms with E-state index >= 15 is 0 Å². The van der Waals surface area contributed by atoms with Gasteiger partial charge in [0.2, 0.25) is 5.91 Å². The minimum atomic E-state index is -0.175. The summed E-state index contributed by atoms with van der Waals surface area (Å²) in [5.41, 5.74) is 4.77. The lowest BCUT2D eigenvalue weighted by molar-refractivity contribution is -0.116. The van der Waals surface area contributed by atoms with Crippen molar-refractivity contribution in [2.45, 2.75) is 20.4 Å². The summed E-state index contributed by atoms with van der Waals surface area (Å²) in [7, 11) is 3.17. The number of ether oxygens (including phenoxy) is 2. The zero-order chi connectivity index (χ0) is 20.8. The zero-order valence-electron chi connectivity index (χ0n) is 17.1. The van der Waals surface area contributed by atoms with Crippen LogP contribution in [0.5, 0.6) is 11.5 Å². The highest BCUT2D eigenvalue weighted by molar-refractivity contribution is 5.91. The first-order valence-electron chi connectivity index (χ1n) is 9.32. The highest BCUT2D eigenvalue weighted by Gasteiger charge is 2.13. The number of aryl methyl sites for hydroxylation is 1. The molecule has 6 heteroatoms. The van der Waals surface area contributed by atoms with Crippen LogP contribution in [0.4, 0.5) is 0 Å². The molecule has 0 bridgehead atoms. The lowest BCUT2D eigenvalue weighted by Gasteiger charge is -2.07. The molecule has 0 unspecified atom stereocenters. The summed E-state index contributed by atoms with van der Waals surface area (Å²) in [4.78, 5) is 12.3. The Bertz CT molecular complexity index is 1020. The van der Waals surface area contributed by atoms with E-state index in [0.717, 1.165) is 28.2 Å². The molecule has 3 rings (SSSR count). The second kappa shape index (κ2) is 9.10. The molecule has 0 saturated carbocycles. The minimum Gasteiger partial charge on any atom is -0.493 e. The van der Waals surface area contributed by atoms with E-state index in [4.69, 9.17) is 9.47 Å². The van der Waals surface area contributed by atoms with Gasteiger partial charge in [0.05, 0.1) is 25.6 Å². The van der Waals surface area contributed by atoms with Crippen molar-refractivity contribution in [3.63, 3.8) is 0 Å². The van der Waals surface area contributed by atoms with Crippen LogP contribution in [-0.2, 0) is 11.3 Å².